The molecule has 3 fully saturated rings. The number of aliphatic hydroxyl groups excluding tert-OH is 1. The molecule has 2 aliphatic heterocycles. The van der Waals surface area contributed by atoms with Gasteiger partial charge in [-0.2, -0.15) is 5.26 Å². The molecule has 2 aromatic carbocycles. The van der Waals surface area contributed by atoms with Gasteiger partial charge >= 0.3 is 0 Å². The molecule has 1 unspecified atom stereocenters. The number of nitrogens with zero attached hydrogens (tertiary/aromatic N) is 6. The average molecular weight is 997 g/mol. The summed E-state index contributed by atoms with van der Waals surface area (Å²) in [5.74, 6) is -0.115. The summed E-state index contributed by atoms with van der Waals surface area (Å²) in [4.78, 5) is 70.4. The predicted molar refractivity (Wildman–Crippen MR) is 269 cm³/mol. The first kappa shape index (κ1) is 52.2. The number of hydrogen-bond acceptors (Lipinski definition) is 13. The molecule has 1 saturated carbocycles. The SMILES string of the molecule is Cc1ncsc1-c1ccc([C@H](C)NC(=O)C2C[C@@H](O)CN2C(=O)[C@@H](NC(=O)COCCN2CCN(c3ccc(C(=O)N[C@H]4C(C)(C)[C@H](Oc5ccc(C#N)c(Cl)c5)C4(C)C)cn3)CC2)C(C)(C)C)cc1. The number of nitrogens with one attached hydrogen (secondary N) is 3. The zero-order valence-corrected chi connectivity index (χ0v) is 43.1. The van der Waals surface area contributed by atoms with Gasteiger partial charge in [-0.3, -0.25) is 24.1 Å². The molecule has 3 aliphatic rings. The summed E-state index contributed by atoms with van der Waals surface area (Å²) in [6.07, 6.45) is 0.599. The minimum atomic E-state index is -0.966. The monoisotopic (exact) mass is 995 g/mol. The van der Waals surface area contributed by atoms with Crippen molar-refractivity contribution < 1.29 is 33.8 Å². The van der Waals surface area contributed by atoms with Gasteiger partial charge in [0.05, 0.1) is 51.0 Å². The van der Waals surface area contributed by atoms with Crippen LogP contribution in [0.25, 0.3) is 10.4 Å². The van der Waals surface area contributed by atoms with E-state index < -0.39 is 46.2 Å². The molecule has 0 bridgehead atoms. The highest BCUT2D eigenvalue weighted by molar-refractivity contribution is 7.13. The van der Waals surface area contributed by atoms with E-state index in [1.54, 1.807) is 41.8 Å². The van der Waals surface area contributed by atoms with Crippen molar-refractivity contribution in [2.45, 2.75) is 105 Å². The third-order valence-electron chi connectivity index (χ3n) is 14.0. The van der Waals surface area contributed by atoms with Gasteiger partial charge in [-0.15, -0.1) is 11.3 Å². The van der Waals surface area contributed by atoms with Crippen LogP contribution in [0.4, 0.5) is 5.82 Å². The number of hydrogen-bond donors (Lipinski definition) is 4. The zero-order valence-electron chi connectivity index (χ0n) is 41.5. The van der Waals surface area contributed by atoms with Gasteiger partial charge in [0, 0.05) is 74.8 Å². The number of benzene rings is 2. The molecule has 18 heteroatoms. The molecular formula is C52H66ClN9O7S. The van der Waals surface area contributed by atoms with Gasteiger partial charge in [-0.05, 0) is 54.7 Å². The lowest BCUT2D eigenvalue weighted by molar-refractivity contribution is -0.164. The first-order valence-electron chi connectivity index (χ1n) is 23.9. The first-order valence-corrected chi connectivity index (χ1v) is 25.1. The van der Waals surface area contributed by atoms with Crippen molar-refractivity contribution in [1.82, 2.24) is 35.7 Å². The molecule has 2 aromatic heterocycles. The van der Waals surface area contributed by atoms with Crippen LogP contribution in [0.2, 0.25) is 5.02 Å². The van der Waals surface area contributed by atoms with E-state index in [4.69, 9.17) is 21.1 Å². The second kappa shape index (κ2) is 21.4. The summed E-state index contributed by atoms with van der Waals surface area (Å²) in [7, 11) is 0. The Morgan fingerprint density at radius 3 is 2.29 bits per heavy atom. The lowest BCUT2D eigenvalue weighted by Crippen LogP contribution is -2.74. The van der Waals surface area contributed by atoms with Crippen molar-refractivity contribution in [2.75, 3.05) is 57.4 Å². The van der Waals surface area contributed by atoms with Crippen LogP contribution in [-0.2, 0) is 19.1 Å². The van der Waals surface area contributed by atoms with Crippen LogP contribution >= 0.6 is 22.9 Å². The standard InChI is InChI=1S/C52H66ClN9O7S/c1-31(33-10-12-34(13-11-33)43-32(2)56-30-70-43)57-46(66)40-24-37(63)28-62(40)47(67)44(50(3,4)5)58-42(64)29-68-23-22-60-18-20-61(21-19-60)41-17-15-36(27-55-41)45(65)59-48-51(6,7)49(52(48,8)9)69-38-16-14-35(26-54)39(53)25-38/h10-17,25,27,30-31,37,40,44,48-49,63H,18-24,28-29H2,1-9H3,(H,57,66)(H,58,64)(H,59,65)/t31-,37+,40?,44+,48-,49-/m0/s1. The number of anilines is 1. The molecule has 4 aromatic rings. The molecule has 4 heterocycles. The van der Waals surface area contributed by atoms with Crippen molar-refractivity contribution in [3.05, 3.63) is 93.7 Å². The van der Waals surface area contributed by atoms with E-state index in [-0.39, 0.29) is 49.6 Å². The van der Waals surface area contributed by atoms with Gasteiger partial charge in [0.1, 0.15) is 42.4 Å². The van der Waals surface area contributed by atoms with E-state index in [9.17, 15) is 29.5 Å². The van der Waals surface area contributed by atoms with Crippen LogP contribution in [0.15, 0.2) is 66.3 Å². The predicted octanol–water partition coefficient (Wildman–Crippen LogP) is 6.16. The molecule has 4 amide bonds. The number of carbonyl (C=O) groups is 4. The largest absolute Gasteiger partial charge is 0.489 e. The van der Waals surface area contributed by atoms with E-state index in [1.165, 1.54) is 4.90 Å². The summed E-state index contributed by atoms with van der Waals surface area (Å²) >= 11 is 7.83. The van der Waals surface area contributed by atoms with Crippen molar-refractivity contribution in [1.29, 1.82) is 5.26 Å². The van der Waals surface area contributed by atoms with Crippen LogP contribution < -0.4 is 25.6 Å². The number of nitriles is 1. The maximum Gasteiger partial charge on any atom is 0.253 e. The first-order chi connectivity index (χ1) is 33.1. The minimum Gasteiger partial charge on any atom is -0.489 e. The molecule has 2 saturated heterocycles. The van der Waals surface area contributed by atoms with E-state index in [0.717, 1.165) is 40.6 Å². The Kier molecular flexibility index (Phi) is 15.9. The smallest absolute Gasteiger partial charge is 0.253 e. The normalized spacial score (nSPS) is 21.7. The molecule has 374 valence electrons. The third kappa shape index (κ3) is 11.6. The van der Waals surface area contributed by atoms with Gasteiger partial charge in [0.2, 0.25) is 17.7 Å². The van der Waals surface area contributed by atoms with Gasteiger partial charge in [-0.25, -0.2) is 9.97 Å². The maximum absolute atomic E-state index is 14.1. The zero-order chi connectivity index (χ0) is 50.7. The molecular weight excluding hydrogens is 930 g/mol. The average Bonchev–Trinajstić information content (AvgIpc) is 3.95. The van der Waals surface area contributed by atoms with Crippen LogP contribution in [0.5, 0.6) is 5.75 Å². The maximum atomic E-state index is 14.1. The van der Waals surface area contributed by atoms with Gasteiger partial charge in [0.15, 0.2) is 0 Å². The van der Waals surface area contributed by atoms with Crippen molar-refractivity contribution >= 4 is 52.4 Å². The number of β-amino-alcohol motifs (C(OH)–C–C–N with tert-alkyl or cyclic N) is 1. The summed E-state index contributed by atoms with van der Waals surface area (Å²) in [6.45, 7) is 21.2. The third-order valence-corrected chi connectivity index (χ3v) is 15.3. The van der Waals surface area contributed by atoms with Gasteiger partial charge < -0.3 is 40.3 Å². The number of likely N-dealkylation sites (tertiary alicyclic amines) is 1. The van der Waals surface area contributed by atoms with Gasteiger partial charge in [0.25, 0.3) is 5.91 Å². The second-order valence-electron chi connectivity index (χ2n) is 21.0. The van der Waals surface area contributed by atoms with Crippen LogP contribution in [0, 0.1) is 34.5 Å². The molecule has 70 heavy (non-hydrogen) atoms. The Bertz CT molecular complexity index is 2550. The van der Waals surface area contributed by atoms with E-state index in [2.05, 4.69) is 69.5 Å². The number of amides is 4. The molecule has 1 aliphatic carbocycles. The molecule has 4 atom stereocenters. The minimum absolute atomic E-state index is 0.0190. The summed E-state index contributed by atoms with van der Waals surface area (Å²) in [5.41, 5.74) is 4.06. The summed E-state index contributed by atoms with van der Waals surface area (Å²) in [6, 6.07) is 16.3. The number of aryl methyl sites for hydroxylation is 1. The number of piperazine rings is 1. The number of halogens is 1. The quantitative estimate of drug-likeness (QED) is 0.0934. The van der Waals surface area contributed by atoms with Crippen molar-refractivity contribution in [3.63, 3.8) is 0 Å². The number of pyridine rings is 1. The Morgan fingerprint density at radius 2 is 1.69 bits per heavy atom. The number of thiazole rings is 1. The topological polar surface area (TPSA) is 202 Å². The molecule has 4 N–H and O–H groups in total. The van der Waals surface area contributed by atoms with Crippen LogP contribution in [0.1, 0.15) is 95.0 Å². The fraction of sp³-hybridized carbons (Fsp3) is 0.519. The summed E-state index contributed by atoms with van der Waals surface area (Å²) in [5, 5.41) is 29.4. The molecule has 16 nitrogen and oxygen atoms in total. The fourth-order valence-electron chi connectivity index (χ4n) is 10.3. The van der Waals surface area contributed by atoms with Crippen LogP contribution in [0.3, 0.4) is 0 Å². The Morgan fingerprint density at radius 1 is 0.986 bits per heavy atom. The number of rotatable bonds is 16. The number of ether oxygens (including phenoxy) is 2. The molecule has 0 spiro atoms. The van der Waals surface area contributed by atoms with E-state index >= 15 is 0 Å². The number of aromatic nitrogens is 2. The molecule has 7 rings (SSSR count). The Labute approximate surface area is 420 Å². The Balaban J connectivity index is 0.831. The molecule has 0 radical (unpaired) electrons. The lowest BCUT2D eigenvalue weighted by Gasteiger charge is -2.63. The van der Waals surface area contributed by atoms with Crippen molar-refractivity contribution in [2.24, 2.45) is 16.2 Å². The number of carbonyl (C=O) groups excluding carboxylic acids is 4. The van der Waals surface area contributed by atoms with E-state index in [0.29, 0.717) is 48.1 Å². The van der Waals surface area contributed by atoms with Crippen LogP contribution in [-0.4, -0.2) is 131 Å². The highest BCUT2D eigenvalue weighted by Gasteiger charge is 2.64. The Hall–Kier alpha value is -5.64. The van der Waals surface area contributed by atoms with E-state index in [1.807, 2.05) is 70.5 Å². The highest BCUT2D eigenvalue weighted by atomic mass is 35.5. The summed E-state index contributed by atoms with van der Waals surface area (Å²) < 4.78 is 12.2. The second-order valence-corrected chi connectivity index (χ2v) is 22.2. The number of aliphatic hydroxyl groups is 1. The fourth-order valence-corrected chi connectivity index (χ4v) is 11.3. The van der Waals surface area contributed by atoms with Gasteiger partial charge in [-0.1, -0.05) is 84.3 Å². The lowest BCUT2D eigenvalue weighted by atomic mass is 9.49. The van der Waals surface area contributed by atoms with Crippen molar-refractivity contribution in [3.8, 4) is 22.3 Å². The highest BCUT2D eigenvalue weighted by Crippen LogP contribution is 2.55.